The van der Waals surface area contributed by atoms with Crippen LogP contribution in [-0.4, -0.2) is 52.0 Å². The van der Waals surface area contributed by atoms with Gasteiger partial charge in [0.05, 0.1) is 31.3 Å². The number of aryl methyl sites for hydroxylation is 1. The zero-order chi connectivity index (χ0) is 17.9. The molecule has 1 saturated heterocycles. The molecule has 1 amide bonds. The molecule has 0 aliphatic carbocycles. The van der Waals surface area contributed by atoms with E-state index >= 15 is 0 Å². The summed E-state index contributed by atoms with van der Waals surface area (Å²) in [6.07, 6.45) is 5.36. The van der Waals surface area contributed by atoms with Crippen LogP contribution in [0.15, 0.2) is 36.1 Å². The van der Waals surface area contributed by atoms with Crippen molar-refractivity contribution in [3.05, 3.63) is 41.8 Å². The number of amides is 1. The summed E-state index contributed by atoms with van der Waals surface area (Å²) in [5.74, 6) is 0.228. The summed E-state index contributed by atoms with van der Waals surface area (Å²) in [7, 11) is 1.84. The molecule has 8 nitrogen and oxygen atoms in total. The molecule has 0 atom stereocenters. The second-order valence-corrected chi connectivity index (χ2v) is 6.75. The quantitative estimate of drug-likeness (QED) is 0.756. The van der Waals surface area contributed by atoms with E-state index in [1.54, 1.807) is 28.5 Å². The molecule has 1 aliphatic rings. The first-order chi connectivity index (χ1) is 12.7. The third-order valence-corrected chi connectivity index (χ3v) is 4.95. The Bertz CT molecular complexity index is 898. The van der Waals surface area contributed by atoms with Gasteiger partial charge in [0.2, 0.25) is 0 Å². The normalized spacial score (nSPS) is 14.4. The number of pyridine rings is 1. The lowest BCUT2D eigenvalue weighted by Gasteiger charge is -2.28. The summed E-state index contributed by atoms with van der Waals surface area (Å²) in [5, 5.41) is 9.41. The van der Waals surface area contributed by atoms with Gasteiger partial charge >= 0.3 is 0 Å². The van der Waals surface area contributed by atoms with Gasteiger partial charge < -0.3 is 15.0 Å². The number of hydrogen-bond acceptors (Lipinski definition) is 7. The summed E-state index contributed by atoms with van der Waals surface area (Å²) in [4.78, 5) is 23.3. The molecule has 0 aromatic carbocycles. The van der Waals surface area contributed by atoms with E-state index in [2.05, 4.69) is 25.3 Å². The van der Waals surface area contributed by atoms with Crippen LogP contribution in [-0.2, 0) is 11.8 Å². The van der Waals surface area contributed by atoms with Crippen LogP contribution in [0.4, 0.5) is 11.5 Å². The Kier molecular flexibility index (Phi) is 4.63. The molecule has 0 radical (unpaired) electrons. The van der Waals surface area contributed by atoms with Crippen molar-refractivity contribution in [2.45, 2.75) is 0 Å². The molecule has 1 aliphatic heterocycles. The van der Waals surface area contributed by atoms with Gasteiger partial charge in [-0.2, -0.15) is 5.10 Å². The smallest absolute Gasteiger partial charge is 0.276 e. The number of rotatable bonds is 4. The average molecular weight is 370 g/mol. The minimum atomic E-state index is -0.275. The molecule has 0 saturated carbocycles. The summed E-state index contributed by atoms with van der Waals surface area (Å²) in [5.41, 5.74) is 2.29. The molecular formula is C17H18N6O2S. The van der Waals surface area contributed by atoms with Crippen molar-refractivity contribution in [3.63, 3.8) is 0 Å². The number of ether oxygens (including phenoxy) is 1. The van der Waals surface area contributed by atoms with Crippen molar-refractivity contribution < 1.29 is 9.53 Å². The Morgan fingerprint density at radius 2 is 2.12 bits per heavy atom. The van der Waals surface area contributed by atoms with Crippen molar-refractivity contribution in [2.75, 3.05) is 36.5 Å². The predicted octanol–water partition coefficient (Wildman–Crippen LogP) is 2.03. The van der Waals surface area contributed by atoms with Gasteiger partial charge in [-0.05, 0) is 12.1 Å². The lowest BCUT2D eigenvalue weighted by Crippen LogP contribution is -2.36. The average Bonchev–Trinajstić information content (AvgIpc) is 3.32. The van der Waals surface area contributed by atoms with Gasteiger partial charge in [0, 0.05) is 37.3 Å². The highest BCUT2D eigenvalue weighted by Gasteiger charge is 2.15. The maximum atomic E-state index is 12.4. The fourth-order valence-corrected chi connectivity index (χ4v) is 3.47. The van der Waals surface area contributed by atoms with Crippen LogP contribution < -0.4 is 10.2 Å². The van der Waals surface area contributed by atoms with Crippen molar-refractivity contribution in [1.82, 2.24) is 19.7 Å². The third-order valence-electron chi connectivity index (χ3n) is 4.05. The maximum Gasteiger partial charge on any atom is 0.276 e. The first-order valence-corrected chi connectivity index (χ1v) is 9.12. The van der Waals surface area contributed by atoms with E-state index in [0.717, 1.165) is 42.6 Å². The second kappa shape index (κ2) is 7.22. The van der Waals surface area contributed by atoms with E-state index in [4.69, 9.17) is 4.74 Å². The minimum Gasteiger partial charge on any atom is -0.378 e. The van der Waals surface area contributed by atoms with Gasteiger partial charge in [-0.3, -0.25) is 9.48 Å². The summed E-state index contributed by atoms with van der Waals surface area (Å²) >= 11 is 1.41. The van der Waals surface area contributed by atoms with Crippen LogP contribution in [0.5, 0.6) is 0 Å². The largest absolute Gasteiger partial charge is 0.378 e. The van der Waals surface area contributed by atoms with E-state index < -0.39 is 0 Å². The predicted molar refractivity (Wildman–Crippen MR) is 99.5 cm³/mol. The highest BCUT2D eigenvalue weighted by atomic mass is 32.1. The Morgan fingerprint density at radius 1 is 1.27 bits per heavy atom. The number of anilines is 2. The Hall–Kier alpha value is -2.78. The second-order valence-electron chi connectivity index (χ2n) is 5.90. The molecule has 9 heteroatoms. The maximum absolute atomic E-state index is 12.4. The molecule has 1 N–H and O–H groups in total. The monoisotopic (exact) mass is 370 g/mol. The zero-order valence-corrected chi connectivity index (χ0v) is 15.1. The number of hydrogen-bond donors (Lipinski definition) is 1. The molecule has 0 bridgehead atoms. The topological polar surface area (TPSA) is 85.2 Å². The lowest BCUT2D eigenvalue weighted by molar-refractivity contribution is 0.102. The summed E-state index contributed by atoms with van der Waals surface area (Å²) in [6, 6.07) is 3.76. The van der Waals surface area contributed by atoms with Crippen LogP contribution in [0.3, 0.4) is 0 Å². The molecule has 0 spiro atoms. The number of carbonyl (C=O) groups is 1. The van der Waals surface area contributed by atoms with Crippen LogP contribution in [0, 0.1) is 0 Å². The molecule has 4 heterocycles. The third kappa shape index (κ3) is 3.58. The SMILES string of the molecule is Cn1cc(-c2nc(C(=O)Nc3ccc(N4CCOCC4)cn3)cs2)cn1. The van der Waals surface area contributed by atoms with Crippen molar-refractivity contribution in [1.29, 1.82) is 0 Å². The first-order valence-electron chi connectivity index (χ1n) is 8.24. The van der Waals surface area contributed by atoms with E-state index in [1.165, 1.54) is 11.3 Å². The van der Waals surface area contributed by atoms with Crippen molar-refractivity contribution >= 4 is 28.7 Å². The molecular weight excluding hydrogens is 352 g/mol. The minimum absolute atomic E-state index is 0.275. The van der Waals surface area contributed by atoms with E-state index in [9.17, 15) is 4.79 Å². The molecule has 26 heavy (non-hydrogen) atoms. The number of nitrogens with one attached hydrogen (secondary N) is 1. The number of nitrogens with zero attached hydrogens (tertiary/aromatic N) is 5. The van der Waals surface area contributed by atoms with Crippen molar-refractivity contribution in [2.24, 2.45) is 7.05 Å². The lowest BCUT2D eigenvalue weighted by atomic mass is 10.3. The van der Waals surface area contributed by atoms with Gasteiger partial charge in [0.25, 0.3) is 5.91 Å². The number of morpholine rings is 1. The molecule has 134 valence electrons. The number of carbonyl (C=O) groups excluding carboxylic acids is 1. The van der Waals surface area contributed by atoms with Crippen LogP contribution >= 0.6 is 11.3 Å². The fraction of sp³-hybridized carbons (Fsp3) is 0.294. The van der Waals surface area contributed by atoms with Gasteiger partial charge in [-0.15, -0.1) is 11.3 Å². The summed E-state index contributed by atoms with van der Waals surface area (Å²) in [6.45, 7) is 3.15. The Labute approximate surface area is 154 Å². The van der Waals surface area contributed by atoms with Crippen LogP contribution in [0.25, 0.3) is 10.6 Å². The van der Waals surface area contributed by atoms with Gasteiger partial charge in [-0.25, -0.2) is 9.97 Å². The van der Waals surface area contributed by atoms with Gasteiger partial charge in [0.15, 0.2) is 0 Å². The van der Waals surface area contributed by atoms with E-state index in [-0.39, 0.29) is 5.91 Å². The van der Waals surface area contributed by atoms with Crippen molar-refractivity contribution in [3.8, 4) is 10.6 Å². The van der Waals surface area contributed by atoms with Gasteiger partial charge in [0.1, 0.15) is 16.5 Å². The molecule has 3 aromatic rings. The Morgan fingerprint density at radius 3 is 2.81 bits per heavy atom. The summed E-state index contributed by atoms with van der Waals surface area (Å²) < 4.78 is 7.06. The molecule has 4 rings (SSSR count). The van der Waals surface area contributed by atoms with E-state index in [1.807, 2.05) is 19.3 Å². The van der Waals surface area contributed by atoms with Crippen LogP contribution in [0.1, 0.15) is 10.5 Å². The highest BCUT2D eigenvalue weighted by molar-refractivity contribution is 7.13. The molecule has 3 aromatic heterocycles. The number of thiazole rings is 1. The van der Waals surface area contributed by atoms with Gasteiger partial charge in [-0.1, -0.05) is 0 Å². The van der Waals surface area contributed by atoms with E-state index in [0.29, 0.717) is 11.5 Å². The first kappa shape index (κ1) is 16.7. The highest BCUT2D eigenvalue weighted by Crippen LogP contribution is 2.23. The zero-order valence-electron chi connectivity index (χ0n) is 14.3. The fourth-order valence-electron chi connectivity index (χ4n) is 2.69. The van der Waals surface area contributed by atoms with Crippen LogP contribution in [0.2, 0.25) is 0 Å². The number of aromatic nitrogens is 4. The molecule has 0 unspecified atom stereocenters. The Balaban J connectivity index is 1.42. The standard InChI is InChI=1S/C17H18N6O2S/c1-22-10-12(8-19-22)17-20-14(11-26-17)16(24)21-15-3-2-13(9-18-15)23-4-6-25-7-5-23/h2-3,8-11H,4-7H2,1H3,(H,18,21,24). The molecule has 1 fully saturated rings.